The lowest BCUT2D eigenvalue weighted by molar-refractivity contribution is 0.411. The van der Waals surface area contributed by atoms with E-state index in [2.05, 4.69) is 15.9 Å². The van der Waals surface area contributed by atoms with Crippen LogP contribution in [0.4, 0.5) is 8.78 Å². The quantitative estimate of drug-likeness (QED) is 0.885. The third kappa shape index (κ3) is 3.09. The van der Waals surface area contributed by atoms with E-state index in [-0.39, 0.29) is 5.56 Å². The summed E-state index contributed by atoms with van der Waals surface area (Å²) in [5, 5.41) is 0. The standard InChI is InChI=1S/C16H16BrF2NO/c1-8-5-14(21-3)9(2)4-11(8)16(20)15-12(18)6-10(17)7-13(15)19/h4-7,16H,20H2,1-3H3. The molecule has 112 valence electrons. The molecule has 1 atom stereocenters. The highest BCUT2D eigenvalue weighted by molar-refractivity contribution is 9.10. The van der Waals surface area contributed by atoms with Crippen molar-refractivity contribution in [2.24, 2.45) is 5.73 Å². The number of halogens is 3. The molecule has 0 aromatic heterocycles. The second-order valence-electron chi connectivity index (χ2n) is 4.94. The predicted octanol–water partition coefficient (Wildman–Crippen LogP) is 4.40. The Morgan fingerprint density at radius 1 is 1.05 bits per heavy atom. The van der Waals surface area contributed by atoms with Crippen molar-refractivity contribution < 1.29 is 13.5 Å². The molecule has 2 aromatic rings. The summed E-state index contributed by atoms with van der Waals surface area (Å²) in [6, 6.07) is 5.18. The van der Waals surface area contributed by atoms with Gasteiger partial charge in [-0.2, -0.15) is 0 Å². The normalized spacial score (nSPS) is 12.3. The van der Waals surface area contributed by atoms with E-state index in [4.69, 9.17) is 10.5 Å². The predicted molar refractivity (Wildman–Crippen MR) is 82.6 cm³/mol. The molecule has 0 aliphatic carbocycles. The molecular formula is C16H16BrF2NO. The first kappa shape index (κ1) is 15.9. The number of hydrogen-bond donors (Lipinski definition) is 1. The summed E-state index contributed by atoms with van der Waals surface area (Å²) >= 11 is 3.06. The van der Waals surface area contributed by atoms with Gasteiger partial charge in [0.25, 0.3) is 0 Å². The summed E-state index contributed by atoms with van der Waals surface area (Å²) in [6.45, 7) is 3.70. The second-order valence-corrected chi connectivity index (χ2v) is 5.85. The van der Waals surface area contributed by atoms with Crippen LogP contribution in [0.25, 0.3) is 0 Å². The van der Waals surface area contributed by atoms with E-state index >= 15 is 0 Å². The summed E-state index contributed by atoms with van der Waals surface area (Å²) in [5.41, 5.74) is 8.33. The lowest BCUT2D eigenvalue weighted by Gasteiger charge is -2.19. The van der Waals surface area contributed by atoms with Crippen molar-refractivity contribution in [1.82, 2.24) is 0 Å². The Kier molecular flexibility index (Phi) is 4.64. The van der Waals surface area contributed by atoms with E-state index in [9.17, 15) is 8.78 Å². The van der Waals surface area contributed by atoms with Gasteiger partial charge in [0.2, 0.25) is 0 Å². The van der Waals surface area contributed by atoms with Crippen LogP contribution in [0.1, 0.15) is 28.3 Å². The molecule has 2 N–H and O–H groups in total. The van der Waals surface area contributed by atoms with Crippen molar-refractivity contribution in [3.63, 3.8) is 0 Å². The molecule has 0 saturated carbocycles. The van der Waals surface area contributed by atoms with Crippen molar-refractivity contribution >= 4 is 15.9 Å². The van der Waals surface area contributed by atoms with Gasteiger partial charge in [0.15, 0.2) is 0 Å². The lowest BCUT2D eigenvalue weighted by atomic mass is 9.93. The fourth-order valence-electron chi connectivity index (χ4n) is 2.37. The van der Waals surface area contributed by atoms with Gasteiger partial charge in [0, 0.05) is 10.0 Å². The zero-order valence-electron chi connectivity index (χ0n) is 12.0. The number of rotatable bonds is 3. The van der Waals surface area contributed by atoms with Crippen LogP contribution in [0.5, 0.6) is 5.75 Å². The third-order valence-corrected chi connectivity index (χ3v) is 3.93. The summed E-state index contributed by atoms with van der Waals surface area (Å²) < 4.78 is 33.7. The number of nitrogens with two attached hydrogens (primary N) is 1. The number of aryl methyl sites for hydroxylation is 2. The van der Waals surface area contributed by atoms with Crippen LogP contribution in [0.15, 0.2) is 28.7 Å². The highest BCUT2D eigenvalue weighted by atomic mass is 79.9. The van der Waals surface area contributed by atoms with E-state index in [0.717, 1.165) is 16.9 Å². The van der Waals surface area contributed by atoms with Crippen molar-refractivity contribution in [2.75, 3.05) is 7.11 Å². The van der Waals surface area contributed by atoms with E-state index < -0.39 is 17.7 Å². The van der Waals surface area contributed by atoms with Crippen LogP contribution >= 0.6 is 15.9 Å². The van der Waals surface area contributed by atoms with Crippen molar-refractivity contribution in [1.29, 1.82) is 0 Å². The molecule has 5 heteroatoms. The number of methoxy groups -OCH3 is 1. The van der Waals surface area contributed by atoms with Gasteiger partial charge in [-0.3, -0.25) is 0 Å². The van der Waals surface area contributed by atoms with Crippen LogP contribution in [-0.2, 0) is 0 Å². The summed E-state index contributed by atoms with van der Waals surface area (Å²) in [5.74, 6) is -0.607. The highest BCUT2D eigenvalue weighted by Gasteiger charge is 2.21. The minimum Gasteiger partial charge on any atom is -0.496 e. The first-order valence-electron chi connectivity index (χ1n) is 6.40. The maximum absolute atomic E-state index is 14.1. The minimum absolute atomic E-state index is 0.133. The molecular weight excluding hydrogens is 340 g/mol. The summed E-state index contributed by atoms with van der Waals surface area (Å²) in [7, 11) is 1.58. The fourth-order valence-corrected chi connectivity index (χ4v) is 2.77. The molecule has 1 unspecified atom stereocenters. The second kappa shape index (κ2) is 6.12. The Hall–Kier alpha value is -1.46. The van der Waals surface area contributed by atoms with Gasteiger partial charge < -0.3 is 10.5 Å². The van der Waals surface area contributed by atoms with Crippen LogP contribution < -0.4 is 10.5 Å². The van der Waals surface area contributed by atoms with E-state index in [1.807, 2.05) is 19.9 Å². The van der Waals surface area contributed by atoms with Gasteiger partial charge in [-0.25, -0.2) is 8.78 Å². The molecule has 0 fully saturated rings. The van der Waals surface area contributed by atoms with Crippen LogP contribution in [0.3, 0.4) is 0 Å². The van der Waals surface area contributed by atoms with E-state index in [1.165, 1.54) is 12.1 Å². The van der Waals surface area contributed by atoms with Gasteiger partial charge in [-0.05, 0) is 48.7 Å². The Morgan fingerprint density at radius 3 is 2.14 bits per heavy atom. The maximum Gasteiger partial charge on any atom is 0.132 e. The Bertz CT molecular complexity index is 665. The molecule has 21 heavy (non-hydrogen) atoms. The molecule has 0 radical (unpaired) electrons. The number of hydrogen-bond acceptors (Lipinski definition) is 2. The van der Waals surface area contributed by atoms with Crippen LogP contribution in [-0.4, -0.2) is 7.11 Å². The van der Waals surface area contributed by atoms with Gasteiger partial charge in [0.1, 0.15) is 17.4 Å². The molecule has 0 saturated heterocycles. The van der Waals surface area contributed by atoms with Gasteiger partial charge in [-0.15, -0.1) is 0 Å². The molecule has 2 aromatic carbocycles. The molecule has 2 rings (SSSR count). The smallest absolute Gasteiger partial charge is 0.132 e. The largest absolute Gasteiger partial charge is 0.496 e. The van der Waals surface area contributed by atoms with E-state index in [0.29, 0.717) is 10.0 Å². The zero-order chi connectivity index (χ0) is 15.7. The van der Waals surface area contributed by atoms with Crippen LogP contribution in [0.2, 0.25) is 0 Å². The lowest BCUT2D eigenvalue weighted by Crippen LogP contribution is -2.17. The Labute approximate surface area is 131 Å². The van der Waals surface area contributed by atoms with Gasteiger partial charge in [0.05, 0.1) is 13.2 Å². The minimum atomic E-state index is -0.872. The first-order valence-corrected chi connectivity index (χ1v) is 7.19. The molecule has 0 bridgehead atoms. The summed E-state index contributed by atoms with van der Waals surface area (Å²) in [4.78, 5) is 0. The fraction of sp³-hybridized carbons (Fsp3) is 0.250. The van der Waals surface area contributed by atoms with Gasteiger partial charge >= 0.3 is 0 Å². The zero-order valence-corrected chi connectivity index (χ0v) is 13.6. The molecule has 2 nitrogen and oxygen atoms in total. The van der Waals surface area contributed by atoms with Gasteiger partial charge in [-0.1, -0.05) is 22.0 Å². The van der Waals surface area contributed by atoms with Crippen molar-refractivity contribution in [2.45, 2.75) is 19.9 Å². The first-order chi connectivity index (χ1) is 9.85. The summed E-state index contributed by atoms with van der Waals surface area (Å²) in [6.07, 6.45) is 0. The topological polar surface area (TPSA) is 35.2 Å². The van der Waals surface area contributed by atoms with Crippen LogP contribution in [0, 0.1) is 25.5 Å². The number of benzene rings is 2. The Balaban J connectivity index is 2.55. The average Bonchev–Trinajstić information content (AvgIpc) is 2.39. The molecule has 0 spiro atoms. The van der Waals surface area contributed by atoms with Crippen molar-refractivity contribution in [3.8, 4) is 5.75 Å². The molecule has 0 aliphatic heterocycles. The number of ether oxygens (including phenoxy) is 1. The molecule has 0 heterocycles. The van der Waals surface area contributed by atoms with E-state index in [1.54, 1.807) is 13.2 Å². The maximum atomic E-state index is 14.1. The highest BCUT2D eigenvalue weighted by Crippen LogP contribution is 2.32. The Morgan fingerprint density at radius 2 is 1.62 bits per heavy atom. The average molecular weight is 356 g/mol. The molecule has 0 aliphatic rings. The molecule has 0 amide bonds. The third-order valence-electron chi connectivity index (χ3n) is 3.47. The monoisotopic (exact) mass is 355 g/mol. The SMILES string of the molecule is COc1cc(C)c(C(N)c2c(F)cc(Br)cc2F)cc1C. The van der Waals surface area contributed by atoms with Crippen molar-refractivity contribution in [3.05, 3.63) is 62.6 Å².